The fourth-order valence-electron chi connectivity index (χ4n) is 1.98. The van der Waals surface area contributed by atoms with Crippen LogP contribution >= 0.6 is 0 Å². The first-order chi connectivity index (χ1) is 4.93. The van der Waals surface area contributed by atoms with Crippen molar-refractivity contribution in [3.8, 4) is 0 Å². The van der Waals surface area contributed by atoms with Crippen LogP contribution in [-0.2, 0) is 0 Å². The summed E-state index contributed by atoms with van der Waals surface area (Å²) in [5, 5.41) is 0. The van der Waals surface area contributed by atoms with E-state index in [1.807, 2.05) is 0 Å². The molecule has 1 aliphatic rings. The molecule has 0 spiro atoms. The summed E-state index contributed by atoms with van der Waals surface area (Å²) in [6.07, 6.45) is 9.15. The Morgan fingerprint density at radius 1 is 1.40 bits per heavy atom. The van der Waals surface area contributed by atoms with Crippen LogP contribution in [0.3, 0.4) is 0 Å². The molecule has 1 unspecified atom stereocenters. The first kappa shape index (κ1) is 8.31. The molecule has 1 fully saturated rings. The zero-order valence-electron chi connectivity index (χ0n) is 7.23. The molecule has 60 valence electrons. The molecular weight excluding hydrogens is 136 g/mol. The number of rotatable bonds is 4. The van der Waals surface area contributed by atoms with Crippen LogP contribution in [0.15, 0.2) is 0 Å². The van der Waals surface area contributed by atoms with Gasteiger partial charge in [0, 0.05) is 9.52 Å². The van der Waals surface area contributed by atoms with Gasteiger partial charge in [-0.25, -0.2) is 0 Å². The van der Waals surface area contributed by atoms with Crippen molar-refractivity contribution in [3.63, 3.8) is 0 Å². The lowest BCUT2D eigenvalue weighted by molar-refractivity contribution is 0.618. The first-order valence-electron chi connectivity index (χ1n) is 4.93. The van der Waals surface area contributed by atoms with Crippen molar-refractivity contribution in [2.45, 2.75) is 57.0 Å². The van der Waals surface area contributed by atoms with Crippen LogP contribution in [0.2, 0.25) is 11.6 Å². The quantitative estimate of drug-likeness (QED) is 0.434. The van der Waals surface area contributed by atoms with E-state index in [2.05, 4.69) is 6.92 Å². The van der Waals surface area contributed by atoms with E-state index in [-0.39, 0.29) is 0 Å². The van der Waals surface area contributed by atoms with Crippen LogP contribution in [-0.4, -0.2) is 9.52 Å². The van der Waals surface area contributed by atoms with E-state index in [1.54, 1.807) is 25.3 Å². The van der Waals surface area contributed by atoms with Crippen LogP contribution in [0.4, 0.5) is 0 Å². The largest absolute Gasteiger partial charge is 0.0654 e. The number of unbranched alkanes of at least 4 members (excludes halogenated alkanes) is 2. The van der Waals surface area contributed by atoms with Gasteiger partial charge < -0.3 is 0 Å². The van der Waals surface area contributed by atoms with Gasteiger partial charge in [0.2, 0.25) is 0 Å². The third-order valence-electron chi connectivity index (χ3n) is 2.69. The van der Waals surface area contributed by atoms with Gasteiger partial charge in [-0.3, -0.25) is 0 Å². The van der Waals surface area contributed by atoms with Gasteiger partial charge >= 0.3 is 0 Å². The second-order valence-electron chi connectivity index (χ2n) is 3.65. The SMILES string of the molecule is CCCCCC1CCC[SiH2]1. The third-order valence-corrected chi connectivity index (χ3v) is 5.23. The predicted octanol–water partition coefficient (Wildman–Crippen LogP) is 2.74. The molecule has 10 heavy (non-hydrogen) atoms. The highest BCUT2D eigenvalue weighted by Crippen LogP contribution is 2.28. The number of hydrogen-bond acceptors (Lipinski definition) is 0. The van der Waals surface area contributed by atoms with E-state index in [0.29, 0.717) is 9.52 Å². The highest BCUT2D eigenvalue weighted by atomic mass is 28.2. The summed E-state index contributed by atoms with van der Waals surface area (Å²) >= 11 is 0. The summed E-state index contributed by atoms with van der Waals surface area (Å²) in [6.45, 7) is 2.30. The van der Waals surface area contributed by atoms with E-state index in [0.717, 1.165) is 0 Å². The molecule has 0 aromatic carbocycles. The van der Waals surface area contributed by atoms with Gasteiger partial charge in [0.15, 0.2) is 0 Å². The van der Waals surface area contributed by atoms with Crippen LogP contribution in [0.1, 0.15) is 45.4 Å². The van der Waals surface area contributed by atoms with Gasteiger partial charge in [0.05, 0.1) is 0 Å². The zero-order chi connectivity index (χ0) is 7.23. The Morgan fingerprint density at radius 2 is 2.30 bits per heavy atom. The van der Waals surface area contributed by atoms with E-state index in [1.165, 1.54) is 24.8 Å². The topological polar surface area (TPSA) is 0 Å². The lowest BCUT2D eigenvalue weighted by Gasteiger charge is -2.05. The molecule has 1 heteroatoms. The molecule has 1 rings (SSSR count). The van der Waals surface area contributed by atoms with Gasteiger partial charge in [0.25, 0.3) is 0 Å². The van der Waals surface area contributed by atoms with Crippen molar-refractivity contribution in [2.75, 3.05) is 0 Å². The van der Waals surface area contributed by atoms with Crippen molar-refractivity contribution < 1.29 is 0 Å². The molecule has 0 aromatic rings. The Bertz CT molecular complexity index is 74.8. The highest BCUT2D eigenvalue weighted by molar-refractivity contribution is 6.38. The minimum atomic E-state index is 0.429. The molecule has 0 aromatic heterocycles. The average Bonchev–Trinajstić information content (AvgIpc) is 2.41. The van der Waals surface area contributed by atoms with E-state index in [9.17, 15) is 0 Å². The predicted molar refractivity (Wildman–Crippen MR) is 50.5 cm³/mol. The molecule has 0 amide bonds. The Labute approximate surface area is 67.2 Å². The smallest absolute Gasteiger partial charge is 0.0231 e. The molecule has 0 radical (unpaired) electrons. The number of hydrogen-bond donors (Lipinski definition) is 0. The normalized spacial score (nSPS) is 27.9. The Morgan fingerprint density at radius 3 is 2.90 bits per heavy atom. The van der Waals surface area contributed by atoms with Crippen molar-refractivity contribution in [1.29, 1.82) is 0 Å². The van der Waals surface area contributed by atoms with Crippen LogP contribution in [0.25, 0.3) is 0 Å². The van der Waals surface area contributed by atoms with Crippen LogP contribution < -0.4 is 0 Å². The van der Waals surface area contributed by atoms with Crippen LogP contribution in [0.5, 0.6) is 0 Å². The van der Waals surface area contributed by atoms with Crippen molar-refractivity contribution >= 4 is 9.52 Å². The Kier molecular flexibility index (Phi) is 4.11. The van der Waals surface area contributed by atoms with Crippen molar-refractivity contribution in [1.82, 2.24) is 0 Å². The zero-order valence-corrected chi connectivity index (χ0v) is 8.65. The maximum Gasteiger partial charge on any atom is 0.0231 e. The maximum absolute atomic E-state index is 2.30. The minimum absolute atomic E-state index is 0.429. The molecule has 0 nitrogen and oxygen atoms in total. The fraction of sp³-hybridized carbons (Fsp3) is 1.00. The molecule has 1 aliphatic heterocycles. The average molecular weight is 156 g/mol. The second-order valence-corrected chi connectivity index (χ2v) is 6.09. The van der Waals surface area contributed by atoms with Gasteiger partial charge in [-0.05, 0) is 0 Å². The van der Waals surface area contributed by atoms with Crippen molar-refractivity contribution in [2.24, 2.45) is 0 Å². The molecule has 1 saturated heterocycles. The minimum Gasteiger partial charge on any atom is -0.0654 e. The third kappa shape index (κ3) is 2.87. The molecule has 0 saturated carbocycles. The molecule has 1 heterocycles. The molecular formula is C9H20Si. The first-order valence-corrected chi connectivity index (χ1v) is 6.75. The Hall–Kier alpha value is 0.217. The molecule has 0 N–H and O–H groups in total. The maximum atomic E-state index is 2.30. The van der Waals surface area contributed by atoms with E-state index < -0.39 is 0 Å². The summed E-state index contributed by atoms with van der Waals surface area (Å²) in [4.78, 5) is 0. The summed E-state index contributed by atoms with van der Waals surface area (Å²) < 4.78 is 0. The van der Waals surface area contributed by atoms with Gasteiger partial charge in [-0.2, -0.15) is 0 Å². The van der Waals surface area contributed by atoms with E-state index in [4.69, 9.17) is 0 Å². The summed E-state index contributed by atoms with van der Waals surface area (Å²) in [5.74, 6) is 0. The summed E-state index contributed by atoms with van der Waals surface area (Å²) in [7, 11) is 0.429. The van der Waals surface area contributed by atoms with Gasteiger partial charge in [-0.1, -0.05) is 57.0 Å². The van der Waals surface area contributed by atoms with Gasteiger partial charge in [0.1, 0.15) is 0 Å². The summed E-state index contributed by atoms with van der Waals surface area (Å²) in [5.41, 5.74) is 1.26. The van der Waals surface area contributed by atoms with Crippen molar-refractivity contribution in [3.05, 3.63) is 0 Å². The lowest BCUT2D eigenvalue weighted by atomic mass is 10.1. The molecule has 0 aliphatic carbocycles. The lowest BCUT2D eigenvalue weighted by Crippen LogP contribution is -1.93. The van der Waals surface area contributed by atoms with Gasteiger partial charge in [-0.15, -0.1) is 0 Å². The molecule has 0 bridgehead atoms. The summed E-state index contributed by atoms with van der Waals surface area (Å²) in [6, 6.07) is 1.65. The fourth-order valence-corrected chi connectivity index (χ4v) is 4.29. The monoisotopic (exact) mass is 156 g/mol. The van der Waals surface area contributed by atoms with E-state index >= 15 is 0 Å². The molecule has 1 atom stereocenters. The van der Waals surface area contributed by atoms with Crippen LogP contribution in [0, 0.1) is 0 Å². The second kappa shape index (κ2) is 4.95. The standard InChI is InChI=1S/C9H20Si/c1-2-3-4-6-9-7-5-8-10-9/h9H,2-8,10H2,1H3. The Balaban J connectivity index is 1.91. The highest BCUT2D eigenvalue weighted by Gasteiger charge is 2.13.